The molecule has 1 fully saturated rings. The van der Waals surface area contributed by atoms with Crippen molar-refractivity contribution in [2.75, 3.05) is 6.54 Å². The molecule has 118 valence electrons. The van der Waals surface area contributed by atoms with E-state index in [9.17, 15) is 23.1 Å². The predicted octanol–water partition coefficient (Wildman–Crippen LogP) is 3.59. The van der Waals surface area contributed by atoms with Gasteiger partial charge < -0.3 is 5.11 Å². The van der Waals surface area contributed by atoms with Crippen LogP contribution in [0.3, 0.4) is 0 Å². The highest BCUT2D eigenvalue weighted by molar-refractivity contribution is 5.78. The van der Waals surface area contributed by atoms with Gasteiger partial charge in [0.05, 0.1) is 6.54 Å². The summed E-state index contributed by atoms with van der Waals surface area (Å²) in [5.41, 5.74) is -1.38. The maximum Gasteiger partial charge on any atom is 0.401 e. The second kappa shape index (κ2) is 5.92. The highest BCUT2D eigenvalue weighted by atomic mass is 19.4. The zero-order chi connectivity index (χ0) is 15.6. The van der Waals surface area contributed by atoms with Crippen LogP contribution in [0.15, 0.2) is 0 Å². The van der Waals surface area contributed by atoms with Crippen LogP contribution in [0.25, 0.3) is 0 Å². The van der Waals surface area contributed by atoms with Gasteiger partial charge in [0, 0.05) is 0 Å². The van der Waals surface area contributed by atoms with Crippen molar-refractivity contribution in [3.05, 3.63) is 0 Å². The largest absolute Gasteiger partial charge is 0.480 e. The Bertz CT molecular complexity index is 349. The van der Waals surface area contributed by atoms with Crippen molar-refractivity contribution in [2.24, 2.45) is 11.3 Å². The van der Waals surface area contributed by atoms with Crippen LogP contribution in [0.1, 0.15) is 52.9 Å². The first-order valence-corrected chi connectivity index (χ1v) is 7.01. The average molecular weight is 295 g/mol. The van der Waals surface area contributed by atoms with E-state index in [0.717, 1.165) is 6.42 Å². The Labute approximate surface area is 117 Å². The van der Waals surface area contributed by atoms with Crippen LogP contribution in [0.2, 0.25) is 0 Å². The third-order valence-corrected chi connectivity index (χ3v) is 4.34. The summed E-state index contributed by atoms with van der Waals surface area (Å²) < 4.78 is 37.1. The van der Waals surface area contributed by atoms with Crippen molar-refractivity contribution in [3.8, 4) is 0 Å². The van der Waals surface area contributed by atoms with Crippen LogP contribution in [0.5, 0.6) is 0 Å². The van der Waals surface area contributed by atoms with Crippen LogP contribution in [0.4, 0.5) is 13.2 Å². The smallest absolute Gasteiger partial charge is 0.401 e. The maximum absolute atomic E-state index is 12.4. The van der Waals surface area contributed by atoms with Crippen LogP contribution in [0, 0.1) is 11.3 Å². The number of hydrogen-bond acceptors (Lipinski definition) is 2. The second-order valence-electron chi connectivity index (χ2n) is 6.85. The molecule has 0 aromatic carbocycles. The molecular formula is C14H24F3NO2. The molecule has 1 rings (SSSR count). The molecule has 0 saturated heterocycles. The average Bonchev–Trinajstić information content (AvgIpc) is 2.47. The standard InChI is InChI=1S/C14H24F3NO2/c1-12(2,3)10-5-4-7-13(8-6-10,11(19)20)18-9-14(15,16)17/h10,18H,4-9H2,1-3H3,(H,19,20). The number of aliphatic carboxylic acids is 1. The Morgan fingerprint density at radius 2 is 1.85 bits per heavy atom. The molecule has 0 bridgehead atoms. The number of carbonyl (C=O) groups is 1. The summed E-state index contributed by atoms with van der Waals surface area (Å²) in [6.45, 7) is 5.03. The van der Waals surface area contributed by atoms with Gasteiger partial charge in [0.25, 0.3) is 0 Å². The first-order valence-electron chi connectivity index (χ1n) is 7.01. The minimum absolute atomic E-state index is 0.0542. The predicted molar refractivity (Wildman–Crippen MR) is 70.5 cm³/mol. The van der Waals surface area contributed by atoms with E-state index in [4.69, 9.17) is 0 Å². The van der Waals surface area contributed by atoms with Crippen molar-refractivity contribution < 1.29 is 23.1 Å². The molecule has 0 amide bonds. The first-order chi connectivity index (χ1) is 8.96. The summed E-state index contributed by atoms with van der Waals surface area (Å²) in [5.74, 6) is -0.826. The normalized spacial score (nSPS) is 29.0. The Hall–Kier alpha value is -0.780. The molecule has 1 aliphatic rings. The summed E-state index contributed by atoms with van der Waals surface area (Å²) in [4.78, 5) is 11.5. The highest BCUT2D eigenvalue weighted by Gasteiger charge is 2.43. The molecule has 0 heterocycles. The lowest BCUT2D eigenvalue weighted by Crippen LogP contribution is -2.54. The van der Waals surface area contributed by atoms with E-state index < -0.39 is 24.2 Å². The second-order valence-corrected chi connectivity index (χ2v) is 6.85. The number of nitrogens with one attached hydrogen (secondary N) is 1. The van der Waals surface area contributed by atoms with E-state index in [-0.39, 0.29) is 18.3 Å². The molecular weight excluding hydrogens is 271 g/mol. The molecule has 0 aromatic heterocycles. The molecule has 0 spiro atoms. The van der Waals surface area contributed by atoms with Gasteiger partial charge in [0.2, 0.25) is 0 Å². The topological polar surface area (TPSA) is 49.3 Å². The minimum Gasteiger partial charge on any atom is -0.480 e. The molecule has 20 heavy (non-hydrogen) atoms. The molecule has 2 atom stereocenters. The Morgan fingerprint density at radius 3 is 2.30 bits per heavy atom. The quantitative estimate of drug-likeness (QED) is 0.782. The monoisotopic (exact) mass is 295 g/mol. The van der Waals surface area contributed by atoms with Gasteiger partial charge in [0.1, 0.15) is 5.54 Å². The molecule has 1 aliphatic carbocycles. The Morgan fingerprint density at radius 1 is 1.25 bits per heavy atom. The summed E-state index contributed by atoms with van der Waals surface area (Å²) >= 11 is 0. The fraction of sp³-hybridized carbons (Fsp3) is 0.929. The zero-order valence-corrected chi connectivity index (χ0v) is 12.3. The van der Waals surface area contributed by atoms with Crippen molar-refractivity contribution in [1.29, 1.82) is 0 Å². The highest BCUT2D eigenvalue weighted by Crippen LogP contribution is 2.40. The lowest BCUT2D eigenvalue weighted by Gasteiger charge is -2.32. The number of carboxylic acids is 1. The fourth-order valence-electron chi connectivity index (χ4n) is 2.94. The number of alkyl halides is 3. The molecule has 0 radical (unpaired) electrons. The Kier molecular flexibility index (Phi) is 5.11. The van der Waals surface area contributed by atoms with Crippen LogP contribution in [-0.2, 0) is 4.79 Å². The van der Waals surface area contributed by atoms with Gasteiger partial charge in [-0.25, -0.2) is 0 Å². The molecule has 0 aliphatic heterocycles. The van der Waals surface area contributed by atoms with Crippen molar-refractivity contribution in [3.63, 3.8) is 0 Å². The molecule has 1 saturated carbocycles. The fourth-order valence-corrected chi connectivity index (χ4v) is 2.94. The van der Waals surface area contributed by atoms with Gasteiger partial charge in [-0.1, -0.05) is 27.2 Å². The maximum atomic E-state index is 12.4. The number of hydrogen-bond donors (Lipinski definition) is 2. The minimum atomic E-state index is -4.39. The van der Waals surface area contributed by atoms with Crippen LogP contribution >= 0.6 is 0 Å². The van der Waals surface area contributed by atoms with Crippen molar-refractivity contribution in [2.45, 2.75) is 64.6 Å². The molecule has 0 aromatic rings. The van der Waals surface area contributed by atoms with Crippen molar-refractivity contribution in [1.82, 2.24) is 5.32 Å². The zero-order valence-electron chi connectivity index (χ0n) is 12.3. The summed E-state index contributed by atoms with van der Waals surface area (Å²) in [6, 6.07) is 0. The Balaban J connectivity index is 2.80. The first kappa shape index (κ1) is 17.3. The van der Waals surface area contributed by atoms with Gasteiger partial charge in [-0.2, -0.15) is 13.2 Å². The third kappa shape index (κ3) is 4.65. The lowest BCUT2D eigenvalue weighted by atomic mass is 9.76. The van der Waals surface area contributed by atoms with Crippen LogP contribution < -0.4 is 5.32 Å². The molecule has 2 N–H and O–H groups in total. The van der Waals surface area contributed by atoms with Gasteiger partial charge in [0.15, 0.2) is 0 Å². The van der Waals surface area contributed by atoms with E-state index in [1.54, 1.807) is 0 Å². The third-order valence-electron chi connectivity index (χ3n) is 4.34. The van der Waals surface area contributed by atoms with E-state index in [1.165, 1.54) is 0 Å². The summed E-state index contributed by atoms with van der Waals surface area (Å²) in [6.07, 6.45) is -1.74. The molecule has 3 nitrogen and oxygen atoms in total. The van der Waals surface area contributed by atoms with E-state index in [0.29, 0.717) is 18.8 Å². The summed E-state index contributed by atoms with van der Waals surface area (Å²) in [5, 5.41) is 11.6. The van der Waals surface area contributed by atoms with Gasteiger partial charge >= 0.3 is 12.1 Å². The van der Waals surface area contributed by atoms with Crippen LogP contribution in [-0.4, -0.2) is 29.3 Å². The number of halogens is 3. The SMILES string of the molecule is CC(C)(C)C1CCCC(NCC(F)(F)F)(C(=O)O)CC1. The lowest BCUT2D eigenvalue weighted by molar-refractivity contribution is -0.151. The van der Waals surface area contributed by atoms with E-state index in [2.05, 4.69) is 26.1 Å². The van der Waals surface area contributed by atoms with Gasteiger partial charge in [-0.15, -0.1) is 0 Å². The van der Waals surface area contributed by atoms with Crippen molar-refractivity contribution >= 4 is 5.97 Å². The van der Waals surface area contributed by atoms with Gasteiger partial charge in [-0.05, 0) is 37.0 Å². The van der Waals surface area contributed by atoms with E-state index in [1.807, 2.05) is 0 Å². The molecule has 6 heteroatoms. The van der Waals surface area contributed by atoms with E-state index >= 15 is 0 Å². The molecule has 2 unspecified atom stereocenters. The summed E-state index contributed by atoms with van der Waals surface area (Å²) in [7, 11) is 0. The number of rotatable bonds is 3. The van der Waals surface area contributed by atoms with Gasteiger partial charge in [-0.3, -0.25) is 10.1 Å². The number of carboxylic acid groups (broad SMARTS) is 1.